The molecule has 0 spiro atoms. The van der Waals surface area contributed by atoms with Crippen molar-refractivity contribution in [1.82, 2.24) is 5.06 Å². The molecule has 0 radical (unpaired) electrons. The Hall–Kier alpha value is -3.76. The quantitative estimate of drug-likeness (QED) is 0.141. The lowest BCUT2D eigenvalue weighted by Gasteiger charge is -2.20. The van der Waals surface area contributed by atoms with Gasteiger partial charge >= 0.3 is 5.97 Å². The Balaban J connectivity index is 1.31. The molecular formula is C28H27N2O7S-. The molecule has 4 aromatic rings. The molecule has 0 saturated carbocycles. The van der Waals surface area contributed by atoms with Crippen LogP contribution in [-0.2, 0) is 29.3 Å². The number of aryl methyl sites for hydroxylation is 2. The van der Waals surface area contributed by atoms with Crippen LogP contribution < -0.4 is 5.32 Å². The number of carbonyl (C=O) groups is 3. The fraction of sp³-hybridized carbons (Fsp3) is 0.321. The van der Waals surface area contributed by atoms with Crippen molar-refractivity contribution in [2.24, 2.45) is 0 Å². The predicted octanol–water partition coefficient (Wildman–Crippen LogP) is 4.68. The zero-order chi connectivity index (χ0) is 27.2. The Morgan fingerprint density at radius 2 is 1.47 bits per heavy atom. The molecular weight excluding hydrogens is 508 g/mol. The molecule has 1 saturated heterocycles. The Kier molecular flexibility index (Phi) is 6.70. The second-order valence-electron chi connectivity index (χ2n) is 9.74. The third-order valence-electron chi connectivity index (χ3n) is 7.12. The lowest BCUT2D eigenvalue weighted by Crippen LogP contribution is -2.31. The van der Waals surface area contributed by atoms with Crippen molar-refractivity contribution >= 4 is 65.9 Å². The molecule has 0 unspecified atom stereocenters. The van der Waals surface area contributed by atoms with Crippen molar-refractivity contribution in [3.63, 3.8) is 0 Å². The van der Waals surface area contributed by atoms with Crippen LogP contribution in [0.25, 0.3) is 32.3 Å². The van der Waals surface area contributed by atoms with Crippen molar-refractivity contribution in [2.45, 2.75) is 57.3 Å². The molecule has 198 valence electrons. The zero-order valence-electron chi connectivity index (χ0n) is 21.1. The second kappa shape index (κ2) is 9.85. The van der Waals surface area contributed by atoms with Crippen LogP contribution in [0, 0.1) is 13.8 Å². The molecule has 0 aromatic heterocycles. The maximum absolute atomic E-state index is 12.0. The summed E-state index contributed by atoms with van der Waals surface area (Å²) in [7, 11) is -4.65. The maximum Gasteiger partial charge on any atom is 0.333 e. The normalized spacial score (nSPS) is 14.3. The number of rotatable bonds is 9. The number of carbonyl (C=O) groups excluding carboxylic acids is 3. The number of hydrogen-bond acceptors (Lipinski definition) is 8. The van der Waals surface area contributed by atoms with E-state index in [2.05, 4.69) is 11.4 Å². The van der Waals surface area contributed by atoms with Crippen molar-refractivity contribution in [1.29, 1.82) is 0 Å². The minimum atomic E-state index is -4.65. The van der Waals surface area contributed by atoms with E-state index in [4.69, 9.17) is 4.84 Å². The highest BCUT2D eigenvalue weighted by molar-refractivity contribution is 7.86. The van der Waals surface area contributed by atoms with Gasteiger partial charge in [-0.15, -0.1) is 5.06 Å². The predicted molar refractivity (Wildman–Crippen MR) is 142 cm³/mol. The molecule has 10 heteroatoms. The van der Waals surface area contributed by atoms with Gasteiger partial charge < -0.3 is 14.7 Å². The van der Waals surface area contributed by atoms with Crippen molar-refractivity contribution < 1.29 is 32.2 Å². The van der Waals surface area contributed by atoms with Gasteiger partial charge in [-0.05, 0) is 71.5 Å². The Bertz CT molecular complexity index is 1700. The van der Waals surface area contributed by atoms with Crippen LogP contribution in [0.2, 0.25) is 0 Å². The molecule has 1 aliphatic heterocycles. The smallest absolute Gasteiger partial charge is 0.333 e. The van der Waals surface area contributed by atoms with Gasteiger partial charge in [-0.2, -0.15) is 0 Å². The van der Waals surface area contributed by atoms with E-state index >= 15 is 0 Å². The van der Waals surface area contributed by atoms with E-state index in [0.29, 0.717) is 23.4 Å². The van der Waals surface area contributed by atoms with Crippen molar-refractivity contribution in [3.8, 4) is 0 Å². The Labute approximate surface area is 219 Å². The summed E-state index contributed by atoms with van der Waals surface area (Å²) in [6.45, 7) is 4.45. The van der Waals surface area contributed by atoms with Gasteiger partial charge in [0.2, 0.25) is 0 Å². The third kappa shape index (κ3) is 4.65. The van der Waals surface area contributed by atoms with Crippen LogP contribution in [0.4, 0.5) is 5.69 Å². The van der Waals surface area contributed by atoms with Gasteiger partial charge in [0.05, 0.1) is 4.90 Å². The van der Waals surface area contributed by atoms with Crippen LogP contribution in [0.15, 0.2) is 41.3 Å². The molecule has 1 aliphatic rings. The SMILES string of the molecule is Cc1cc(NCCCCCC(=O)ON2C(=O)CCC2=O)c2ccc3c(S(=O)(=O)[O-])cc(C)c4ccc1c2c43. The molecule has 9 nitrogen and oxygen atoms in total. The number of nitrogens with zero attached hydrogens (tertiary/aromatic N) is 1. The van der Waals surface area contributed by atoms with E-state index in [1.165, 1.54) is 6.07 Å². The highest BCUT2D eigenvalue weighted by atomic mass is 32.2. The number of nitrogens with one attached hydrogen (secondary N) is 1. The number of unbranched alkanes of at least 4 members (excludes halogenated alkanes) is 2. The highest BCUT2D eigenvalue weighted by Gasteiger charge is 2.32. The van der Waals surface area contributed by atoms with Crippen LogP contribution >= 0.6 is 0 Å². The molecule has 0 aliphatic carbocycles. The minimum absolute atomic E-state index is 0.0683. The summed E-state index contributed by atoms with van der Waals surface area (Å²) < 4.78 is 36.1. The first-order valence-corrected chi connectivity index (χ1v) is 13.9. The first-order chi connectivity index (χ1) is 18.1. The lowest BCUT2D eigenvalue weighted by molar-refractivity contribution is -0.197. The van der Waals surface area contributed by atoms with E-state index in [1.54, 1.807) is 6.07 Å². The monoisotopic (exact) mass is 535 g/mol. The van der Waals surface area contributed by atoms with Crippen molar-refractivity contribution in [2.75, 3.05) is 11.9 Å². The van der Waals surface area contributed by atoms with E-state index in [1.807, 2.05) is 32.0 Å². The minimum Gasteiger partial charge on any atom is -0.744 e. The van der Waals surface area contributed by atoms with Crippen molar-refractivity contribution in [3.05, 3.63) is 47.5 Å². The summed E-state index contributed by atoms with van der Waals surface area (Å²) in [4.78, 5) is 39.8. The van der Waals surface area contributed by atoms with Crippen LogP contribution in [0.5, 0.6) is 0 Å². The summed E-state index contributed by atoms with van der Waals surface area (Å²) in [6, 6.07) is 11.1. The molecule has 0 bridgehead atoms. The number of hydrogen-bond donors (Lipinski definition) is 1. The van der Waals surface area contributed by atoms with Gasteiger partial charge in [0.25, 0.3) is 11.8 Å². The first kappa shape index (κ1) is 25.9. The third-order valence-corrected chi connectivity index (χ3v) is 7.99. The van der Waals surface area contributed by atoms with Gasteiger partial charge in [-0.25, -0.2) is 13.2 Å². The lowest BCUT2D eigenvalue weighted by atomic mass is 9.89. The number of hydroxylamine groups is 2. The maximum atomic E-state index is 12.0. The molecule has 0 atom stereocenters. The molecule has 1 heterocycles. The standard InChI is InChI=1S/C28H28N2O7S/c1-16-14-22(29-13-5-3-4-6-26(33)37-30-24(31)11-12-25(30)32)20-9-10-21-23(38(34,35)36)15-17(2)19-8-7-18(16)27(20)28(19)21/h7-10,14-15,29H,3-6,11-13H2,1-2H3,(H,34,35,36)/p-1. The summed E-state index contributed by atoms with van der Waals surface area (Å²) in [5.74, 6) is -1.58. The number of benzene rings is 4. The summed E-state index contributed by atoms with van der Waals surface area (Å²) >= 11 is 0. The van der Waals surface area contributed by atoms with Gasteiger partial charge in [-0.3, -0.25) is 9.59 Å². The summed E-state index contributed by atoms with van der Waals surface area (Å²) in [6.07, 6.45) is 2.31. The van der Waals surface area contributed by atoms with E-state index in [0.717, 1.165) is 56.6 Å². The molecule has 4 aromatic carbocycles. The molecule has 5 rings (SSSR count). The summed E-state index contributed by atoms with van der Waals surface area (Å²) in [5, 5.41) is 9.00. The molecule has 1 fully saturated rings. The van der Waals surface area contributed by atoms with Crippen LogP contribution in [-0.4, -0.2) is 42.4 Å². The van der Waals surface area contributed by atoms with Gasteiger partial charge in [0, 0.05) is 42.3 Å². The second-order valence-corrected chi connectivity index (χ2v) is 11.1. The zero-order valence-corrected chi connectivity index (χ0v) is 21.9. The van der Waals surface area contributed by atoms with Gasteiger partial charge in [0.1, 0.15) is 10.1 Å². The molecule has 38 heavy (non-hydrogen) atoms. The van der Waals surface area contributed by atoms with E-state index < -0.39 is 27.9 Å². The number of amides is 2. The highest BCUT2D eigenvalue weighted by Crippen LogP contribution is 2.42. The molecule has 1 N–H and O–H groups in total. The number of imide groups is 1. The summed E-state index contributed by atoms with van der Waals surface area (Å²) in [5.41, 5.74) is 2.66. The van der Waals surface area contributed by atoms with Crippen LogP contribution in [0.1, 0.15) is 49.7 Å². The largest absolute Gasteiger partial charge is 0.744 e. The van der Waals surface area contributed by atoms with E-state index in [-0.39, 0.29) is 24.2 Å². The average molecular weight is 536 g/mol. The fourth-order valence-electron chi connectivity index (χ4n) is 5.26. The topological polar surface area (TPSA) is 133 Å². The fourth-order valence-corrected chi connectivity index (χ4v) is 6.02. The first-order valence-electron chi connectivity index (χ1n) is 12.5. The Morgan fingerprint density at radius 1 is 0.895 bits per heavy atom. The Morgan fingerprint density at radius 3 is 2.13 bits per heavy atom. The van der Waals surface area contributed by atoms with Gasteiger partial charge in [0.15, 0.2) is 0 Å². The van der Waals surface area contributed by atoms with E-state index in [9.17, 15) is 27.4 Å². The van der Waals surface area contributed by atoms with Gasteiger partial charge in [-0.1, -0.05) is 30.7 Å². The average Bonchev–Trinajstić information content (AvgIpc) is 3.18. The molecule has 2 amide bonds. The van der Waals surface area contributed by atoms with Crippen LogP contribution in [0.3, 0.4) is 0 Å². The number of anilines is 1.